The molecule has 100 valence electrons. The van der Waals surface area contributed by atoms with Crippen LogP contribution in [0.4, 0.5) is 0 Å². The first-order valence-electron chi connectivity index (χ1n) is 6.95. The molecule has 1 nitrogen and oxygen atoms in total. The van der Waals surface area contributed by atoms with Crippen LogP contribution in [-0.4, -0.2) is 4.98 Å². The highest BCUT2D eigenvalue weighted by Gasteiger charge is 2.16. The number of rotatable bonds is 6. The van der Waals surface area contributed by atoms with E-state index in [2.05, 4.69) is 62.5 Å². The van der Waals surface area contributed by atoms with Crippen LogP contribution < -0.4 is 0 Å². The summed E-state index contributed by atoms with van der Waals surface area (Å²) in [5.41, 5.74) is 5.10. The summed E-state index contributed by atoms with van der Waals surface area (Å²) in [7, 11) is 0. The largest absolute Gasteiger partial charge is 0.361 e. The Morgan fingerprint density at radius 1 is 1.21 bits per heavy atom. The minimum atomic E-state index is 0.440. The average molecular weight is 253 g/mol. The van der Waals surface area contributed by atoms with Crippen molar-refractivity contribution in [1.29, 1.82) is 0 Å². The molecule has 2 rings (SSSR count). The molecule has 1 aromatic heterocycles. The van der Waals surface area contributed by atoms with Crippen molar-refractivity contribution in [2.75, 3.05) is 0 Å². The first-order valence-corrected chi connectivity index (χ1v) is 6.95. The molecule has 0 aliphatic carbocycles. The zero-order chi connectivity index (χ0) is 13.8. The fourth-order valence-electron chi connectivity index (χ4n) is 2.66. The van der Waals surface area contributed by atoms with Crippen molar-refractivity contribution in [2.45, 2.75) is 39.0 Å². The summed E-state index contributed by atoms with van der Waals surface area (Å²) < 4.78 is 0. The zero-order valence-corrected chi connectivity index (χ0v) is 12.0. The summed E-state index contributed by atoms with van der Waals surface area (Å²) >= 11 is 0. The number of benzene rings is 1. The lowest BCUT2D eigenvalue weighted by Gasteiger charge is -2.16. The van der Waals surface area contributed by atoms with E-state index < -0.39 is 0 Å². The summed E-state index contributed by atoms with van der Waals surface area (Å²) in [6.45, 7) is 12.4. The molecule has 0 bridgehead atoms. The van der Waals surface area contributed by atoms with Crippen molar-refractivity contribution in [1.82, 2.24) is 4.98 Å². The van der Waals surface area contributed by atoms with Crippen molar-refractivity contribution in [2.24, 2.45) is 0 Å². The monoisotopic (exact) mass is 253 g/mol. The predicted octanol–water partition coefficient (Wildman–Crippen LogP) is 5.57. The molecular formula is C18H23N. The van der Waals surface area contributed by atoms with Crippen LogP contribution in [0, 0.1) is 0 Å². The van der Waals surface area contributed by atoms with Crippen molar-refractivity contribution in [3.63, 3.8) is 0 Å². The highest BCUT2D eigenvalue weighted by molar-refractivity contribution is 5.84. The Morgan fingerprint density at radius 3 is 2.63 bits per heavy atom. The van der Waals surface area contributed by atoms with E-state index in [1.807, 2.05) is 0 Å². The number of fused-ring (bicyclic) bond motifs is 1. The maximum Gasteiger partial charge on any atom is 0.0457 e. The van der Waals surface area contributed by atoms with Gasteiger partial charge in [0, 0.05) is 23.0 Å². The quantitative estimate of drug-likeness (QED) is 0.647. The molecule has 1 aromatic carbocycles. The Balaban J connectivity index is 2.23. The molecular weight excluding hydrogens is 230 g/mol. The number of H-pyrrole nitrogens is 1. The maximum atomic E-state index is 4.18. The van der Waals surface area contributed by atoms with Crippen molar-refractivity contribution in [3.8, 4) is 0 Å². The van der Waals surface area contributed by atoms with Crippen LogP contribution in [0.2, 0.25) is 0 Å². The number of aromatic nitrogens is 1. The second-order valence-corrected chi connectivity index (χ2v) is 5.54. The van der Waals surface area contributed by atoms with Crippen molar-refractivity contribution < 1.29 is 0 Å². The summed E-state index contributed by atoms with van der Waals surface area (Å²) in [6.07, 6.45) is 5.56. The van der Waals surface area contributed by atoms with Crippen molar-refractivity contribution in [3.05, 3.63) is 60.3 Å². The van der Waals surface area contributed by atoms with E-state index in [0.29, 0.717) is 5.92 Å². The zero-order valence-electron chi connectivity index (χ0n) is 12.0. The molecule has 2 aromatic rings. The minimum absolute atomic E-state index is 0.440. The van der Waals surface area contributed by atoms with Crippen LogP contribution in [0.1, 0.15) is 44.6 Å². The molecule has 0 saturated carbocycles. The molecule has 0 radical (unpaired) electrons. The first kappa shape index (κ1) is 13.7. The normalized spacial score (nSPS) is 12.5. The lowest BCUT2D eigenvalue weighted by Crippen LogP contribution is -1.99. The van der Waals surface area contributed by atoms with E-state index in [-0.39, 0.29) is 0 Å². The van der Waals surface area contributed by atoms with Gasteiger partial charge in [-0.3, -0.25) is 0 Å². The van der Waals surface area contributed by atoms with Crippen LogP contribution in [-0.2, 0) is 0 Å². The SMILES string of the molecule is C=C(C)CCCC(C(=C)C)c1c[nH]c2ccccc12. The Labute approximate surface area is 116 Å². The summed E-state index contributed by atoms with van der Waals surface area (Å²) in [5, 5.41) is 1.32. The van der Waals surface area contributed by atoms with Crippen LogP contribution in [0.5, 0.6) is 0 Å². The van der Waals surface area contributed by atoms with E-state index in [0.717, 1.165) is 12.8 Å². The molecule has 0 fully saturated rings. The number of nitrogens with one attached hydrogen (secondary N) is 1. The van der Waals surface area contributed by atoms with Gasteiger partial charge in [-0.15, -0.1) is 6.58 Å². The van der Waals surface area contributed by atoms with Crippen LogP contribution in [0.15, 0.2) is 54.8 Å². The van der Waals surface area contributed by atoms with Gasteiger partial charge < -0.3 is 4.98 Å². The smallest absolute Gasteiger partial charge is 0.0457 e. The average Bonchev–Trinajstić information content (AvgIpc) is 2.77. The lowest BCUT2D eigenvalue weighted by molar-refractivity contribution is 0.654. The van der Waals surface area contributed by atoms with Gasteiger partial charge in [-0.25, -0.2) is 0 Å². The van der Waals surface area contributed by atoms with Crippen LogP contribution in [0.3, 0.4) is 0 Å². The fraction of sp³-hybridized carbons (Fsp3) is 0.333. The van der Waals surface area contributed by atoms with Gasteiger partial charge in [0.05, 0.1) is 0 Å². The van der Waals surface area contributed by atoms with Gasteiger partial charge >= 0.3 is 0 Å². The number of allylic oxidation sites excluding steroid dienone is 2. The van der Waals surface area contributed by atoms with Crippen molar-refractivity contribution >= 4 is 10.9 Å². The van der Waals surface area contributed by atoms with E-state index >= 15 is 0 Å². The third-order valence-corrected chi connectivity index (χ3v) is 3.69. The summed E-state index contributed by atoms with van der Waals surface area (Å²) in [5.74, 6) is 0.440. The predicted molar refractivity (Wildman–Crippen MR) is 84.5 cm³/mol. The minimum Gasteiger partial charge on any atom is -0.361 e. The molecule has 1 unspecified atom stereocenters. The van der Waals surface area contributed by atoms with E-state index in [4.69, 9.17) is 0 Å². The third kappa shape index (κ3) is 3.17. The molecule has 1 atom stereocenters. The molecule has 1 N–H and O–H groups in total. The highest BCUT2D eigenvalue weighted by Crippen LogP contribution is 2.33. The second-order valence-electron chi connectivity index (χ2n) is 5.54. The van der Waals surface area contributed by atoms with E-state index in [1.54, 1.807) is 0 Å². The molecule has 0 amide bonds. The molecule has 0 saturated heterocycles. The molecule has 1 heteroatoms. The number of hydrogen-bond acceptors (Lipinski definition) is 0. The van der Waals surface area contributed by atoms with Gasteiger partial charge in [-0.05, 0) is 44.7 Å². The fourth-order valence-corrected chi connectivity index (χ4v) is 2.66. The molecule has 0 spiro atoms. The first-order chi connectivity index (χ1) is 9.09. The van der Waals surface area contributed by atoms with Gasteiger partial charge in [0.15, 0.2) is 0 Å². The number of hydrogen-bond donors (Lipinski definition) is 1. The lowest BCUT2D eigenvalue weighted by atomic mass is 9.87. The van der Waals surface area contributed by atoms with Gasteiger partial charge in [0.1, 0.15) is 0 Å². The van der Waals surface area contributed by atoms with Gasteiger partial charge in [0.25, 0.3) is 0 Å². The summed E-state index contributed by atoms with van der Waals surface area (Å²) in [4.78, 5) is 3.36. The van der Waals surface area contributed by atoms with Gasteiger partial charge in [-0.2, -0.15) is 0 Å². The van der Waals surface area contributed by atoms with Gasteiger partial charge in [0.2, 0.25) is 0 Å². The summed E-state index contributed by atoms with van der Waals surface area (Å²) in [6, 6.07) is 8.49. The Bertz CT molecular complexity index is 589. The Morgan fingerprint density at radius 2 is 1.95 bits per heavy atom. The highest BCUT2D eigenvalue weighted by atomic mass is 14.7. The molecule has 0 aliphatic heterocycles. The van der Waals surface area contributed by atoms with E-state index in [1.165, 1.54) is 34.0 Å². The third-order valence-electron chi connectivity index (χ3n) is 3.69. The maximum absolute atomic E-state index is 4.18. The van der Waals surface area contributed by atoms with Crippen LogP contribution in [0.25, 0.3) is 10.9 Å². The molecule has 1 heterocycles. The second kappa shape index (κ2) is 5.92. The van der Waals surface area contributed by atoms with Crippen LogP contribution >= 0.6 is 0 Å². The van der Waals surface area contributed by atoms with E-state index in [9.17, 15) is 0 Å². The van der Waals surface area contributed by atoms with Gasteiger partial charge in [-0.1, -0.05) is 35.9 Å². The standard InChI is InChI=1S/C18H23N/c1-13(2)8-7-10-15(14(3)4)17-12-19-18-11-6-5-9-16(17)18/h5-6,9,11-12,15,19H,1,3,7-8,10H2,2,4H3. The molecule has 19 heavy (non-hydrogen) atoms. The topological polar surface area (TPSA) is 15.8 Å². The molecule has 0 aliphatic rings. The Kier molecular flexibility index (Phi) is 4.26. The number of para-hydroxylation sites is 1. The Hall–Kier alpha value is -1.76. The number of aromatic amines is 1.